The molecule has 0 unspecified atom stereocenters. The monoisotopic (exact) mass is 280 g/mol. The van der Waals surface area contributed by atoms with E-state index in [1.54, 1.807) is 24.7 Å². The van der Waals surface area contributed by atoms with Crippen LogP contribution in [0.5, 0.6) is 0 Å². The summed E-state index contributed by atoms with van der Waals surface area (Å²) in [7, 11) is 0. The first-order chi connectivity index (χ1) is 10.3. The van der Waals surface area contributed by atoms with Crippen LogP contribution < -0.4 is 15.5 Å². The van der Waals surface area contributed by atoms with Crippen molar-refractivity contribution in [2.75, 3.05) is 41.7 Å². The molecule has 1 fully saturated rings. The minimum Gasteiger partial charge on any atom is -0.384 e. The number of piperazine rings is 1. The van der Waals surface area contributed by atoms with Gasteiger partial charge in [-0.1, -0.05) is 0 Å². The molecule has 0 atom stereocenters. The van der Waals surface area contributed by atoms with E-state index in [0.29, 0.717) is 11.4 Å². The van der Waals surface area contributed by atoms with Crippen LogP contribution in [0, 0.1) is 11.3 Å². The predicted octanol–water partition coefficient (Wildman–Crippen LogP) is 1.26. The molecular formula is C15H16N6. The van der Waals surface area contributed by atoms with E-state index in [1.807, 2.05) is 12.1 Å². The molecule has 0 bridgehead atoms. The quantitative estimate of drug-likeness (QED) is 0.891. The van der Waals surface area contributed by atoms with E-state index < -0.39 is 0 Å². The lowest BCUT2D eigenvalue weighted by atomic mass is 10.2. The summed E-state index contributed by atoms with van der Waals surface area (Å²) in [5.41, 5.74) is 8.28. The topological polar surface area (TPSA) is 82.1 Å². The molecular weight excluding hydrogens is 264 g/mol. The fourth-order valence-corrected chi connectivity index (χ4v) is 2.52. The van der Waals surface area contributed by atoms with Crippen molar-refractivity contribution >= 4 is 17.2 Å². The molecule has 6 heteroatoms. The summed E-state index contributed by atoms with van der Waals surface area (Å²) in [6.07, 6.45) is 5.22. The third-order valence-electron chi connectivity index (χ3n) is 3.68. The molecule has 21 heavy (non-hydrogen) atoms. The molecule has 2 aromatic heterocycles. The second kappa shape index (κ2) is 5.67. The Morgan fingerprint density at radius 2 is 1.81 bits per heavy atom. The zero-order valence-electron chi connectivity index (χ0n) is 11.6. The summed E-state index contributed by atoms with van der Waals surface area (Å²) < 4.78 is 0. The highest BCUT2D eigenvalue weighted by molar-refractivity contribution is 5.59. The molecule has 6 nitrogen and oxygen atoms in total. The number of hydrogen-bond acceptors (Lipinski definition) is 6. The normalized spacial score (nSPS) is 14.8. The fourth-order valence-electron chi connectivity index (χ4n) is 2.52. The van der Waals surface area contributed by atoms with E-state index in [2.05, 4.69) is 25.8 Å². The largest absolute Gasteiger partial charge is 0.384 e. The van der Waals surface area contributed by atoms with Crippen LogP contribution in [-0.4, -0.2) is 36.1 Å². The van der Waals surface area contributed by atoms with Crippen molar-refractivity contribution in [1.82, 2.24) is 9.97 Å². The first kappa shape index (κ1) is 13.2. The van der Waals surface area contributed by atoms with Crippen molar-refractivity contribution in [1.29, 1.82) is 5.26 Å². The van der Waals surface area contributed by atoms with Crippen LogP contribution in [0.25, 0.3) is 0 Å². The van der Waals surface area contributed by atoms with Crippen LogP contribution in [0.1, 0.15) is 5.56 Å². The summed E-state index contributed by atoms with van der Waals surface area (Å²) in [6, 6.07) is 7.78. The molecule has 1 aliphatic rings. The van der Waals surface area contributed by atoms with E-state index in [0.717, 1.165) is 37.6 Å². The van der Waals surface area contributed by atoms with Gasteiger partial charge in [-0.05, 0) is 18.2 Å². The highest BCUT2D eigenvalue weighted by Crippen LogP contribution is 2.22. The summed E-state index contributed by atoms with van der Waals surface area (Å²) in [6.45, 7) is 3.46. The number of nitriles is 1. The highest BCUT2D eigenvalue weighted by atomic mass is 15.3. The molecule has 0 radical (unpaired) electrons. The number of aromatic nitrogens is 2. The van der Waals surface area contributed by atoms with Crippen LogP contribution in [0.2, 0.25) is 0 Å². The van der Waals surface area contributed by atoms with E-state index in [4.69, 9.17) is 5.73 Å². The summed E-state index contributed by atoms with van der Waals surface area (Å²) in [4.78, 5) is 12.7. The average molecular weight is 280 g/mol. The van der Waals surface area contributed by atoms with Gasteiger partial charge in [0.05, 0.1) is 29.3 Å². The molecule has 1 aliphatic heterocycles. The lowest BCUT2D eigenvalue weighted by molar-refractivity contribution is 0.651. The van der Waals surface area contributed by atoms with Crippen LogP contribution in [-0.2, 0) is 0 Å². The highest BCUT2D eigenvalue weighted by Gasteiger charge is 2.19. The maximum Gasteiger partial charge on any atom is 0.123 e. The SMILES string of the molecule is N#Cc1ccncc1N1CCN(c2ccc(N)nc2)CC1. The number of pyridine rings is 2. The van der Waals surface area contributed by atoms with Gasteiger partial charge in [0.15, 0.2) is 0 Å². The molecule has 3 rings (SSSR count). The Balaban J connectivity index is 1.70. The fraction of sp³-hybridized carbons (Fsp3) is 0.267. The standard InChI is InChI=1S/C15H16N6/c16-9-12-3-4-18-11-14(12)21-7-5-20(6-8-21)13-1-2-15(17)19-10-13/h1-4,10-11H,5-8H2,(H2,17,19). The third kappa shape index (κ3) is 2.72. The smallest absolute Gasteiger partial charge is 0.123 e. The molecule has 2 aromatic rings. The van der Waals surface area contributed by atoms with Gasteiger partial charge in [0.1, 0.15) is 11.9 Å². The molecule has 0 spiro atoms. The van der Waals surface area contributed by atoms with E-state index in [9.17, 15) is 5.26 Å². The number of nitrogens with zero attached hydrogens (tertiary/aromatic N) is 5. The maximum atomic E-state index is 9.17. The number of hydrogen-bond donors (Lipinski definition) is 1. The zero-order valence-corrected chi connectivity index (χ0v) is 11.6. The molecule has 106 valence electrons. The molecule has 0 aliphatic carbocycles. The van der Waals surface area contributed by atoms with Crippen molar-refractivity contribution in [2.45, 2.75) is 0 Å². The van der Waals surface area contributed by atoms with Crippen molar-refractivity contribution < 1.29 is 0 Å². The van der Waals surface area contributed by atoms with Crippen LogP contribution in [0.3, 0.4) is 0 Å². The average Bonchev–Trinajstić information content (AvgIpc) is 2.56. The second-order valence-electron chi connectivity index (χ2n) is 4.92. The Labute approximate surface area is 123 Å². The molecule has 2 N–H and O–H groups in total. The zero-order chi connectivity index (χ0) is 14.7. The Morgan fingerprint density at radius 1 is 1.05 bits per heavy atom. The van der Waals surface area contributed by atoms with E-state index in [-0.39, 0.29) is 0 Å². The minimum absolute atomic E-state index is 0.534. The molecule has 0 amide bonds. The Bertz CT molecular complexity index is 653. The van der Waals surface area contributed by atoms with Gasteiger partial charge in [-0.3, -0.25) is 4.98 Å². The van der Waals surface area contributed by atoms with Gasteiger partial charge in [-0.2, -0.15) is 5.26 Å². The van der Waals surface area contributed by atoms with Gasteiger partial charge < -0.3 is 15.5 Å². The third-order valence-corrected chi connectivity index (χ3v) is 3.68. The summed E-state index contributed by atoms with van der Waals surface area (Å²) >= 11 is 0. The van der Waals surface area contributed by atoms with Crippen molar-refractivity contribution in [2.24, 2.45) is 0 Å². The Hall–Kier alpha value is -2.81. The van der Waals surface area contributed by atoms with Gasteiger partial charge in [0.2, 0.25) is 0 Å². The molecule has 0 aromatic carbocycles. The van der Waals surface area contributed by atoms with Gasteiger partial charge in [-0.15, -0.1) is 0 Å². The van der Waals surface area contributed by atoms with E-state index in [1.165, 1.54) is 0 Å². The first-order valence-electron chi connectivity index (χ1n) is 6.83. The van der Waals surface area contributed by atoms with Crippen molar-refractivity contribution in [3.63, 3.8) is 0 Å². The Kier molecular flexibility index (Phi) is 3.56. The van der Waals surface area contributed by atoms with Crippen LogP contribution in [0.4, 0.5) is 17.2 Å². The minimum atomic E-state index is 0.534. The molecule has 0 saturated carbocycles. The number of rotatable bonds is 2. The van der Waals surface area contributed by atoms with Crippen LogP contribution >= 0.6 is 0 Å². The second-order valence-corrected chi connectivity index (χ2v) is 4.92. The number of anilines is 3. The predicted molar refractivity (Wildman–Crippen MR) is 82.0 cm³/mol. The summed E-state index contributed by atoms with van der Waals surface area (Å²) in [5, 5.41) is 9.17. The van der Waals surface area contributed by atoms with Gasteiger partial charge in [-0.25, -0.2) is 4.98 Å². The number of nitrogens with two attached hydrogens (primary N) is 1. The van der Waals surface area contributed by atoms with Gasteiger partial charge in [0, 0.05) is 32.4 Å². The van der Waals surface area contributed by atoms with Crippen LogP contribution in [0.15, 0.2) is 36.8 Å². The summed E-state index contributed by atoms with van der Waals surface area (Å²) in [5.74, 6) is 0.534. The van der Waals surface area contributed by atoms with Crippen molar-refractivity contribution in [3.05, 3.63) is 42.4 Å². The van der Waals surface area contributed by atoms with E-state index >= 15 is 0 Å². The maximum absolute atomic E-state index is 9.17. The lowest BCUT2D eigenvalue weighted by Crippen LogP contribution is -2.46. The molecule has 3 heterocycles. The first-order valence-corrected chi connectivity index (χ1v) is 6.83. The van der Waals surface area contributed by atoms with Gasteiger partial charge >= 0.3 is 0 Å². The molecule has 1 saturated heterocycles. The van der Waals surface area contributed by atoms with Crippen molar-refractivity contribution in [3.8, 4) is 6.07 Å². The Morgan fingerprint density at radius 3 is 2.48 bits per heavy atom. The van der Waals surface area contributed by atoms with Gasteiger partial charge in [0.25, 0.3) is 0 Å². The lowest BCUT2D eigenvalue weighted by Gasteiger charge is -2.37. The number of nitrogen functional groups attached to an aromatic ring is 1.